The van der Waals surface area contributed by atoms with Gasteiger partial charge in [0.25, 0.3) is 0 Å². The minimum Gasteiger partial charge on any atom is -0.444 e. The van der Waals surface area contributed by atoms with E-state index in [0.29, 0.717) is 31.2 Å². The molecular formula is C33H35FN6O3. The maximum atomic E-state index is 14.2. The first-order valence-corrected chi connectivity index (χ1v) is 14.8. The van der Waals surface area contributed by atoms with Crippen molar-refractivity contribution in [3.8, 4) is 16.9 Å². The van der Waals surface area contributed by atoms with E-state index in [0.717, 1.165) is 46.3 Å². The number of fused-ring (bicyclic) bond motifs is 3. The minimum atomic E-state index is -0.677. The molecule has 2 atom stereocenters. The Morgan fingerprint density at radius 2 is 1.91 bits per heavy atom. The van der Waals surface area contributed by atoms with E-state index in [1.54, 1.807) is 18.3 Å². The van der Waals surface area contributed by atoms with E-state index in [1.807, 2.05) is 54.9 Å². The average molecular weight is 583 g/mol. The highest BCUT2D eigenvalue weighted by Gasteiger charge is 2.46. The number of carbonyl (C=O) groups is 1. The SMILES string of the molecule is CC(C)(C)OC(=O)N1C(c2nc(-c3ccc(F)cc3)c[nH]2)Cc2c([nH]c3ccc(-n4cccn4)cc23)C1C1CCOCC1. The highest BCUT2D eigenvalue weighted by molar-refractivity contribution is 5.88. The molecule has 1 amide bonds. The molecule has 222 valence electrons. The van der Waals surface area contributed by atoms with E-state index in [4.69, 9.17) is 14.5 Å². The molecular weight excluding hydrogens is 547 g/mol. The molecule has 9 nitrogen and oxygen atoms in total. The smallest absolute Gasteiger partial charge is 0.411 e. The van der Waals surface area contributed by atoms with Crippen LogP contribution in [0.3, 0.4) is 0 Å². The number of rotatable bonds is 4. The van der Waals surface area contributed by atoms with Gasteiger partial charge < -0.3 is 19.4 Å². The maximum absolute atomic E-state index is 14.2. The summed E-state index contributed by atoms with van der Waals surface area (Å²) >= 11 is 0. The molecule has 5 aromatic rings. The lowest BCUT2D eigenvalue weighted by Crippen LogP contribution is -2.48. The van der Waals surface area contributed by atoms with Crippen molar-refractivity contribution in [2.45, 2.75) is 57.7 Å². The van der Waals surface area contributed by atoms with Crippen LogP contribution in [0, 0.1) is 11.7 Å². The van der Waals surface area contributed by atoms with E-state index < -0.39 is 11.6 Å². The molecule has 2 aliphatic heterocycles. The molecule has 0 spiro atoms. The standard InChI is InChI=1S/C33H35FN6O3/c1-33(2,3)43-32(41)40-28(31-35-19-27(38-31)20-5-7-22(34)8-6-20)18-25-24-17-23(39-14-4-13-36-39)9-10-26(24)37-29(25)30(40)21-11-15-42-16-12-21/h4-10,13-14,17,19,21,28,30,37H,11-12,15-16,18H2,1-3H3,(H,35,38). The second-order valence-electron chi connectivity index (χ2n) is 12.4. The van der Waals surface area contributed by atoms with Gasteiger partial charge >= 0.3 is 6.09 Å². The summed E-state index contributed by atoms with van der Waals surface area (Å²) in [5, 5.41) is 5.53. The summed E-state index contributed by atoms with van der Waals surface area (Å²) in [5.41, 5.74) is 4.97. The number of nitrogens with one attached hydrogen (secondary N) is 2. The molecule has 2 aliphatic rings. The Labute approximate surface area is 249 Å². The fourth-order valence-corrected chi connectivity index (χ4v) is 6.47. The van der Waals surface area contributed by atoms with Crippen molar-refractivity contribution < 1.29 is 18.7 Å². The molecule has 2 aromatic carbocycles. The molecule has 10 heteroatoms. The van der Waals surface area contributed by atoms with Gasteiger partial charge in [-0.15, -0.1) is 0 Å². The molecule has 0 radical (unpaired) electrons. The van der Waals surface area contributed by atoms with Crippen molar-refractivity contribution in [2.24, 2.45) is 5.92 Å². The monoisotopic (exact) mass is 582 g/mol. The van der Waals surface area contributed by atoms with E-state index in [1.165, 1.54) is 12.1 Å². The summed E-state index contributed by atoms with van der Waals surface area (Å²) in [6.45, 7) is 6.94. The third-order valence-electron chi connectivity index (χ3n) is 8.39. The zero-order valence-corrected chi connectivity index (χ0v) is 24.5. The molecule has 0 saturated carbocycles. The fraction of sp³-hybridized carbons (Fsp3) is 0.364. The molecule has 1 fully saturated rings. The quantitative estimate of drug-likeness (QED) is 0.240. The summed E-state index contributed by atoms with van der Waals surface area (Å²) < 4.78 is 27.3. The lowest BCUT2D eigenvalue weighted by atomic mass is 9.81. The molecule has 2 unspecified atom stereocenters. The van der Waals surface area contributed by atoms with Crippen molar-refractivity contribution >= 4 is 17.0 Å². The predicted molar refractivity (Wildman–Crippen MR) is 160 cm³/mol. The third kappa shape index (κ3) is 5.20. The van der Waals surface area contributed by atoms with Gasteiger partial charge in [-0.25, -0.2) is 18.9 Å². The van der Waals surface area contributed by atoms with Crippen LogP contribution in [0.25, 0.3) is 27.8 Å². The van der Waals surface area contributed by atoms with Gasteiger partial charge in [-0.3, -0.25) is 4.90 Å². The van der Waals surface area contributed by atoms with Gasteiger partial charge in [0, 0.05) is 60.4 Å². The van der Waals surface area contributed by atoms with E-state index in [2.05, 4.69) is 27.2 Å². The first-order valence-electron chi connectivity index (χ1n) is 14.8. The lowest BCUT2D eigenvalue weighted by Gasteiger charge is -2.45. The van der Waals surface area contributed by atoms with E-state index in [9.17, 15) is 9.18 Å². The van der Waals surface area contributed by atoms with Crippen LogP contribution in [0.4, 0.5) is 9.18 Å². The van der Waals surface area contributed by atoms with Gasteiger partial charge in [0.1, 0.15) is 17.2 Å². The number of imidazole rings is 1. The Hall–Kier alpha value is -4.44. The number of H-pyrrole nitrogens is 2. The van der Waals surface area contributed by atoms with Crippen LogP contribution in [0.5, 0.6) is 0 Å². The van der Waals surface area contributed by atoms with Crippen LogP contribution in [0.1, 0.15) is 62.8 Å². The number of carbonyl (C=O) groups excluding carboxylic acids is 1. The Morgan fingerprint density at radius 3 is 2.63 bits per heavy atom. The van der Waals surface area contributed by atoms with Crippen molar-refractivity contribution in [3.63, 3.8) is 0 Å². The fourth-order valence-electron chi connectivity index (χ4n) is 6.47. The van der Waals surface area contributed by atoms with Gasteiger partial charge in [-0.1, -0.05) is 0 Å². The van der Waals surface area contributed by atoms with E-state index in [-0.39, 0.29) is 23.9 Å². The Morgan fingerprint density at radius 1 is 1.12 bits per heavy atom. The molecule has 7 rings (SSSR count). The van der Waals surface area contributed by atoms with Gasteiger partial charge in [0.05, 0.1) is 23.5 Å². The molecule has 3 aromatic heterocycles. The summed E-state index contributed by atoms with van der Waals surface area (Å²) in [7, 11) is 0. The van der Waals surface area contributed by atoms with Crippen molar-refractivity contribution in [2.75, 3.05) is 13.2 Å². The molecule has 5 heterocycles. The normalized spacial score (nSPS) is 19.5. The van der Waals surface area contributed by atoms with Crippen molar-refractivity contribution in [1.29, 1.82) is 0 Å². The van der Waals surface area contributed by atoms with Gasteiger partial charge in [-0.2, -0.15) is 5.10 Å². The first-order chi connectivity index (χ1) is 20.7. The number of benzene rings is 2. The number of halogens is 1. The Balaban J connectivity index is 1.39. The van der Waals surface area contributed by atoms with Gasteiger partial charge in [0.15, 0.2) is 0 Å². The zero-order valence-electron chi connectivity index (χ0n) is 24.5. The first kappa shape index (κ1) is 27.4. The molecule has 0 aliphatic carbocycles. The number of hydrogen-bond acceptors (Lipinski definition) is 5. The highest BCUT2D eigenvalue weighted by Crippen LogP contribution is 2.48. The van der Waals surface area contributed by atoms with Crippen LogP contribution >= 0.6 is 0 Å². The van der Waals surface area contributed by atoms with E-state index >= 15 is 0 Å². The molecule has 1 saturated heterocycles. The number of hydrogen-bond donors (Lipinski definition) is 2. The average Bonchev–Trinajstić information content (AvgIpc) is 3.76. The topological polar surface area (TPSA) is 101 Å². The van der Waals surface area contributed by atoms with Gasteiger partial charge in [0.2, 0.25) is 0 Å². The minimum absolute atomic E-state index is 0.160. The number of aromatic nitrogens is 5. The van der Waals surface area contributed by atoms with Crippen LogP contribution in [0.15, 0.2) is 67.1 Å². The second kappa shape index (κ2) is 10.7. The number of aromatic amines is 2. The zero-order chi connectivity index (χ0) is 29.7. The highest BCUT2D eigenvalue weighted by atomic mass is 19.1. The van der Waals surface area contributed by atoms with Crippen LogP contribution in [0.2, 0.25) is 0 Å². The molecule has 0 bridgehead atoms. The lowest BCUT2D eigenvalue weighted by molar-refractivity contribution is -0.0270. The second-order valence-corrected chi connectivity index (χ2v) is 12.4. The summed E-state index contributed by atoms with van der Waals surface area (Å²) in [6.07, 6.45) is 7.31. The Kier molecular flexibility index (Phi) is 6.80. The van der Waals surface area contributed by atoms with Crippen molar-refractivity contribution in [1.82, 2.24) is 29.6 Å². The number of nitrogens with zero attached hydrogens (tertiary/aromatic N) is 4. The maximum Gasteiger partial charge on any atom is 0.411 e. The Bertz CT molecular complexity index is 1750. The van der Waals surface area contributed by atoms with Crippen molar-refractivity contribution in [3.05, 3.63) is 90.0 Å². The third-order valence-corrected chi connectivity index (χ3v) is 8.39. The van der Waals surface area contributed by atoms with Gasteiger partial charge in [-0.05, 0) is 93.6 Å². The summed E-state index contributed by atoms with van der Waals surface area (Å²) in [5.74, 6) is 0.516. The number of ether oxygens (including phenoxy) is 2. The van der Waals surface area contributed by atoms with Crippen LogP contribution in [-0.2, 0) is 15.9 Å². The summed E-state index contributed by atoms with van der Waals surface area (Å²) in [6, 6.07) is 13.8. The predicted octanol–water partition coefficient (Wildman–Crippen LogP) is 6.89. The molecule has 2 N–H and O–H groups in total. The van der Waals surface area contributed by atoms with Crippen LogP contribution < -0.4 is 0 Å². The summed E-state index contributed by atoms with van der Waals surface area (Å²) in [4.78, 5) is 28.1. The van der Waals surface area contributed by atoms with Crippen LogP contribution in [-0.4, -0.2) is 54.5 Å². The largest absolute Gasteiger partial charge is 0.444 e. The molecule has 43 heavy (non-hydrogen) atoms. The number of amides is 1.